The number of hydrogen-bond donors (Lipinski definition) is 0. The first-order valence-electron chi connectivity index (χ1n) is 5.60. The second kappa shape index (κ2) is 3.70. The number of nitrogens with zero attached hydrogens (tertiary/aromatic N) is 3. The number of rotatable bonds is 1. The highest BCUT2D eigenvalue weighted by atomic mass is 15.0. The molecule has 0 radical (unpaired) electrons. The average molecular weight is 223 g/mol. The zero-order valence-electron chi connectivity index (χ0n) is 9.88. The summed E-state index contributed by atoms with van der Waals surface area (Å²) in [4.78, 5) is 8.66. The van der Waals surface area contributed by atoms with E-state index in [1.807, 2.05) is 16.8 Å². The van der Waals surface area contributed by atoms with Crippen LogP contribution in [0.3, 0.4) is 0 Å². The van der Waals surface area contributed by atoms with E-state index in [4.69, 9.17) is 0 Å². The molecule has 3 heteroatoms. The lowest BCUT2D eigenvalue weighted by Gasteiger charge is -2.06. The highest BCUT2D eigenvalue weighted by molar-refractivity contribution is 5.64. The highest BCUT2D eigenvalue weighted by Gasteiger charge is 2.05. The summed E-state index contributed by atoms with van der Waals surface area (Å²) in [5.74, 6) is 0. The maximum Gasteiger partial charge on any atom is 0.155 e. The first kappa shape index (κ1) is 10.0. The summed E-state index contributed by atoms with van der Waals surface area (Å²) in [5.41, 5.74) is 5.53. The van der Waals surface area contributed by atoms with E-state index < -0.39 is 0 Å². The van der Waals surface area contributed by atoms with E-state index in [2.05, 4.69) is 42.0 Å². The number of hydrogen-bond acceptors (Lipinski definition) is 2. The molecule has 0 aliphatic heterocycles. The van der Waals surface area contributed by atoms with E-state index in [9.17, 15) is 0 Å². The fourth-order valence-corrected chi connectivity index (χ4v) is 1.98. The van der Waals surface area contributed by atoms with Gasteiger partial charge in [-0.15, -0.1) is 0 Å². The Balaban J connectivity index is 2.22. The Hall–Kier alpha value is -2.16. The first-order chi connectivity index (χ1) is 8.24. The molecule has 0 saturated heterocycles. The van der Waals surface area contributed by atoms with E-state index in [1.54, 1.807) is 12.4 Å². The summed E-state index contributed by atoms with van der Waals surface area (Å²) in [6.45, 7) is 4.20. The van der Waals surface area contributed by atoms with Crippen LogP contribution in [0.1, 0.15) is 11.1 Å². The number of benzene rings is 1. The Kier molecular flexibility index (Phi) is 2.18. The van der Waals surface area contributed by atoms with E-state index in [0.717, 1.165) is 11.3 Å². The van der Waals surface area contributed by atoms with Gasteiger partial charge in [0.05, 0.1) is 11.9 Å². The maximum absolute atomic E-state index is 4.47. The minimum absolute atomic E-state index is 0.874. The fourth-order valence-electron chi connectivity index (χ4n) is 1.98. The predicted octanol–water partition coefficient (Wildman–Crippen LogP) is 3.01. The van der Waals surface area contributed by atoms with Crippen molar-refractivity contribution in [2.75, 3.05) is 0 Å². The molecular weight excluding hydrogens is 210 g/mol. The van der Waals surface area contributed by atoms with Crippen molar-refractivity contribution in [1.29, 1.82) is 0 Å². The Morgan fingerprint density at radius 2 is 2.00 bits per heavy atom. The number of imidazole rings is 1. The van der Waals surface area contributed by atoms with Crippen LogP contribution in [0.25, 0.3) is 16.9 Å². The smallest absolute Gasteiger partial charge is 0.155 e. The van der Waals surface area contributed by atoms with Crippen molar-refractivity contribution in [3.8, 4) is 11.3 Å². The van der Waals surface area contributed by atoms with Gasteiger partial charge in [-0.2, -0.15) is 0 Å². The summed E-state index contributed by atoms with van der Waals surface area (Å²) < 4.78 is 1.99. The number of fused-ring (bicyclic) bond motifs is 1. The lowest BCUT2D eigenvalue weighted by Crippen LogP contribution is -1.92. The van der Waals surface area contributed by atoms with Crippen LogP contribution in [-0.4, -0.2) is 14.4 Å². The van der Waals surface area contributed by atoms with Crippen molar-refractivity contribution in [2.24, 2.45) is 0 Å². The second-order valence-electron chi connectivity index (χ2n) is 4.28. The summed E-state index contributed by atoms with van der Waals surface area (Å²) in [6.07, 6.45) is 7.54. The molecule has 0 saturated carbocycles. The van der Waals surface area contributed by atoms with Crippen LogP contribution in [-0.2, 0) is 0 Å². The van der Waals surface area contributed by atoms with Crippen molar-refractivity contribution in [1.82, 2.24) is 14.4 Å². The molecule has 17 heavy (non-hydrogen) atoms. The Morgan fingerprint density at radius 3 is 2.88 bits per heavy atom. The third-order valence-corrected chi connectivity index (χ3v) is 2.95. The van der Waals surface area contributed by atoms with Crippen LogP contribution in [0, 0.1) is 13.8 Å². The lowest BCUT2D eigenvalue weighted by molar-refractivity contribution is 1.13. The molecule has 0 aliphatic rings. The monoisotopic (exact) mass is 223 g/mol. The standard InChI is InChI=1S/C14H13N3/c1-10-3-4-11(2)12(7-10)13-9-17-6-5-15-14(17)8-16-13/h3-9H,1-2H3. The second-order valence-corrected chi connectivity index (χ2v) is 4.28. The van der Waals surface area contributed by atoms with Crippen molar-refractivity contribution in [3.63, 3.8) is 0 Å². The molecule has 0 unspecified atom stereocenters. The summed E-state index contributed by atoms with van der Waals surface area (Å²) >= 11 is 0. The largest absolute Gasteiger partial charge is 0.304 e. The minimum atomic E-state index is 0.874. The van der Waals surface area contributed by atoms with Gasteiger partial charge in [0.15, 0.2) is 5.65 Å². The topological polar surface area (TPSA) is 30.2 Å². The molecule has 3 aromatic rings. The molecule has 0 fully saturated rings. The van der Waals surface area contributed by atoms with Gasteiger partial charge in [-0.1, -0.05) is 17.7 Å². The Labute approximate surface area is 99.8 Å². The molecule has 3 nitrogen and oxygen atoms in total. The van der Waals surface area contributed by atoms with Crippen LogP contribution < -0.4 is 0 Å². The molecule has 2 aromatic heterocycles. The first-order valence-corrected chi connectivity index (χ1v) is 5.60. The van der Waals surface area contributed by atoms with Gasteiger partial charge < -0.3 is 4.40 Å². The molecule has 1 aromatic carbocycles. The van der Waals surface area contributed by atoms with Crippen LogP contribution in [0.15, 0.2) is 43.0 Å². The third-order valence-electron chi connectivity index (χ3n) is 2.95. The van der Waals surface area contributed by atoms with E-state index in [1.165, 1.54) is 16.7 Å². The van der Waals surface area contributed by atoms with Crippen LogP contribution >= 0.6 is 0 Å². The molecular formula is C14H13N3. The molecule has 0 atom stereocenters. The quantitative estimate of drug-likeness (QED) is 0.634. The van der Waals surface area contributed by atoms with Crippen molar-refractivity contribution in [3.05, 3.63) is 54.1 Å². The molecule has 3 rings (SSSR count). The van der Waals surface area contributed by atoms with Gasteiger partial charge in [-0.25, -0.2) is 4.98 Å². The van der Waals surface area contributed by atoms with Crippen molar-refractivity contribution >= 4 is 5.65 Å². The fraction of sp³-hybridized carbons (Fsp3) is 0.143. The molecule has 0 amide bonds. The molecule has 0 N–H and O–H groups in total. The maximum atomic E-state index is 4.47. The Bertz CT molecular complexity index is 683. The predicted molar refractivity (Wildman–Crippen MR) is 67.9 cm³/mol. The molecule has 0 bridgehead atoms. The van der Waals surface area contributed by atoms with Gasteiger partial charge in [0.2, 0.25) is 0 Å². The van der Waals surface area contributed by atoms with Crippen molar-refractivity contribution in [2.45, 2.75) is 13.8 Å². The summed E-state index contributed by atoms with van der Waals surface area (Å²) in [6, 6.07) is 6.42. The SMILES string of the molecule is Cc1ccc(C)c(-c2cn3ccnc3cn2)c1. The Morgan fingerprint density at radius 1 is 1.12 bits per heavy atom. The van der Waals surface area contributed by atoms with Crippen LogP contribution in [0.4, 0.5) is 0 Å². The van der Waals surface area contributed by atoms with Crippen LogP contribution in [0.5, 0.6) is 0 Å². The number of aryl methyl sites for hydroxylation is 2. The molecule has 84 valence electrons. The highest BCUT2D eigenvalue weighted by Crippen LogP contribution is 2.22. The van der Waals surface area contributed by atoms with Gasteiger partial charge in [-0.05, 0) is 25.5 Å². The van der Waals surface area contributed by atoms with Gasteiger partial charge in [0, 0.05) is 24.2 Å². The minimum Gasteiger partial charge on any atom is -0.304 e. The molecule has 0 spiro atoms. The zero-order chi connectivity index (χ0) is 11.8. The third kappa shape index (κ3) is 1.69. The van der Waals surface area contributed by atoms with Gasteiger partial charge in [-0.3, -0.25) is 4.98 Å². The summed E-state index contributed by atoms with van der Waals surface area (Å²) in [7, 11) is 0. The average Bonchev–Trinajstić information content (AvgIpc) is 2.79. The zero-order valence-corrected chi connectivity index (χ0v) is 9.88. The van der Waals surface area contributed by atoms with E-state index in [0.29, 0.717) is 0 Å². The lowest BCUT2D eigenvalue weighted by atomic mass is 10.0. The van der Waals surface area contributed by atoms with Gasteiger partial charge in [0.1, 0.15) is 0 Å². The van der Waals surface area contributed by atoms with Crippen LogP contribution in [0.2, 0.25) is 0 Å². The van der Waals surface area contributed by atoms with E-state index >= 15 is 0 Å². The summed E-state index contributed by atoms with van der Waals surface area (Å²) in [5, 5.41) is 0. The van der Waals surface area contributed by atoms with Crippen molar-refractivity contribution < 1.29 is 0 Å². The number of aromatic nitrogens is 3. The normalized spacial score (nSPS) is 10.9. The van der Waals surface area contributed by atoms with E-state index in [-0.39, 0.29) is 0 Å². The van der Waals surface area contributed by atoms with Gasteiger partial charge in [0.25, 0.3) is 0 Å². The molecule has 0 aliphatic carbocycles. The molecule has 2 heterocycles. The van der Waals surface area contributed by atoms with Gasteiger partial charge >= 0.3 is 0 Å².